The van der Waals surface area contributed by atoms with Gasteiger partial charge in [-0.05, 0) is 229 Å². The third kappa shape index (κ3) is 15.6. The Morgan fingerprint density at radius 2 is 0.702 bits per heavy atom. The molecular formula is C90H146N2O29. The van der Waals surface area contributed by atoms with Crippen LogP contribution < -0.4 is 0 Å². The van der Waals surface area contributed by atoms with E-state index in [1.165, 1.54) is 109 Å². The summed E-state index contributed by atoms with van der Waals surface area (Å²) in [5, 5.41) is 182. The Kier molecular flexibility index (Phi) is 26.4. The van der Waals surface area contributed by atoms with Gasteiger partial charge in [-0.15, -0.1) is 0 Å². The van der Waals surface area contributed by atoms with Crippen LogP contribution in [0.1, 0.15) is 192 Å². The number of allylic oxidation sites excluding steroid dienone is 2. The molecule has 10 saturated heterocycles. The molecule has 18 aliphatic rings. The maximum atomic E-state index is 12.0. The molecule has 0 amide bonds. The van der Waals surface area contributed by atoms with E-state index in [1.807, 2.05) is 0 Å². The van der Waals surface area contributed by atoms with E-state index >= 15 is 0 Å². The number of fused-ring (bicyclic) bond motifs is 18. The van der Waals surface area contributed by atoms with Crippen LogP contribution in [0.4, 0.5) is 0 Å². The SMILES string of the molecule is C[C@H]1CC[C@@H]2[C@@H](C)[C@H]3[C@H](C[C@H]4[C@@H]5CC=C6C[C@@H](O[C@@H]7O[C@H](CO)[C@@H](O)[C@H](O[C@@H]8O[C@H](CO)[C@@H](O)[C@H](O)[C@H]8O)[C@H]7O[C@@H]7O[C@@H](C)[C@H](O)[C@@H](O)[C@H]7O)CC[C@]6(C)[C@H]5CC[C@]34C)N2C1.C[C@H]1CC[C@@H]2[C@@H](C)[C@H]3[C@H](C[C@H]4[C@@H]5CC=C6C[C@@H](O[C@@H]7O[C@H](CO)[C@@H](O[C@@H]8O[C@@H](C)[C@H](O)[C@@H](O)[C@H]8O)[C@H](O)[C@H]7O[C@@H]7O[C@@H](C)[C@H](O)[C@@H](O)[C@H]7O)CC[C@]6(C)[C@H]5CC[C@]34C)N2C1. The van der Waals surface area contributed by atoms with Crippen LogP contribution in [0.15, 0.2) is 23.3 Å². The van der Waals surface area contributed by atoms with E-state index in [0.717, 1.165) is 79.7 Å². The number of rotatable bonds is 15. The van der Waals surface area contributed by atoms with E-state index < -0.39 is 204 Å². The molecule has 690 valence electrons. The van der Waals surface area contributed by atoms with Gasteiger partial charge < -0.3 is 144 Å². The molecule has 0 aromatic heterocycles. The first-order valence-corrected chi connectivity index (χ1v) is 46.6. The minimum atomic E-state index is -1.83. The standard InChI is InChI=1S/C45H73NO15.C45H73NO14/c1-19-6-9-27-20(2)31-28(46(27)16-19)15-26-24-8-7-22-14-23(10-12-44(22,4)25(24)11-13-45(26,31)5)57-43-40(61-41-37(54)35(52)32(49)21(3)56-41)39(34(51)30(18-48)59-43)60-42-38(55)36(53)33(50)29(17-47)58-42;1-19-7-10-28-20(2)31-29(46(28)17-19)16-27-25-9-8-23-15-24(11-13-44(23,5)26(25)12-14-45(27,31)6)57-43-40(60-42-37(53)35(51)33(49)22(4)56-42)38(54)39(30(18-47)58-43)59-41-36(52)34(50)32(48)21(3)55-41/h7,19-21,23-43,47-55H,6,8-18H2,1-5H3;8,19-22,24-43,47-54H,7,9-18H2,1-6H3/t19-,20+,21-,23-,24+,25-,26-,27+,28-,29+,30+,31-,32-,33+,34+,35+,36-,37+,38+,39-,40+,41-,42-,43+,44-,45-;19-,20+,21-,22-,24-,25+,26-,27-,28+,29-,30+,31-,32-,33-,34+,35+,36+,37+,38-,39+,40+,41-,42-,43+,44-,45-/m00/s1. The molecule has 16 fully saturated rings. The number of hydrogen-bond donors (Lipinski definition) is 17. The zero-order valence-corrected chi connectivity index (χ0v) is 72.5. The Bertz CT molecular complexity index is 3610. The van der Waals surface area contributed by atoms with Crippen LogP contribution in [0.5, 0.6) is 0 Å². The number of nitrogens with zero attached hydrogens (tertiary/aromatic N) is 2. The van der Waals surface area contributed by atoms with Crippen molar-refractivity contribution in [3.05, 3.63) is 23.3 Å². The molecule has 0 aromatic carbocycles. The predicted octanol–water partition coefficient (Wildman–Crippen LogP) is 1.34. The third-order valence-electron chi connectivity index (χ3n) is 36.0. The molecule has 10 aliphatic heterocycles. The Morgan fingerprint density at radius 1 is 0.339 bits per heavy atom. The van der Waals surface area contributed by atoms with E-state index in [9.17, 15) is 86.8 Å². The normalized spacial score (nSPS) is 57.7. The second kappa shape index (κ2) is 35.1. The highest BCUT2D eigenvalue weighted by Gasteiger charge is 2.70. The van der Waals surface area contributed by atoms with Crippen molar-refractivity contribution in [3.63, 3.8) is 0 Å². The Labute approximate surface area is 711 Å². The van der Waals surface area contributed by atoms with Gasteiger partial charge in [0.25, 0.3) is 0 Å². The van der Waals surface area contributed by atoms with E-state index in [2.05, 4.69) is 77.3 Å². The summed E-state index contributed by atoms with van der Waals surface area (Å²) >= 11 is 0. The highest BCUT2D eigenvalue weighted by atomic mass is 16.8. The van der Waals surface area contributed by atoms with E-state index in [-0.39, 0.29) is 23.0 Å². The molecule has 121 heavy (non-hydrogen) atoms. The number of aliphatic hydroxyl groups excluding tert-OH is 17. The van der Waals surface area contributed by atoms with Crippen molar-refractivity contribution in [2.24, 2.45) is 92.7 Å². The molecule has 10 heterocycles. The fraction of sp³-hybridized carbons (Fsp3) is 0.956. The highest BCUT2D eigenvalue weighted by molar-refractivity contribution is 5.29. The minimum Gasteiger partial charge on any atom is -0.394 e. The smallest absolute Gasteiger partial charge is 0.187 e. The molecule has 31 heteroatoms. The average molecular weight is 1720 g/mol. The van der Waals surface area contributed by atoms with Crippen LogP contribution in [-0.4, -0.2) is 350 Å². The van der Waals surface area contributed by atoms with Crippen molar-refractivity contribution in [2.45, 2.75) is 412 Å². The highest BCUT2D eigenvalue weighted by Crippen LogP contribution is 2.72. The molecule has 0 aromatic rings. The van der Waals surface area contributed by atoms with Crippen molar-refractivity contribution in [1.29, 1.82) is 0 Å². The van der Waals surface area contributed by atoms with Gasteiger partial charge in [-0.1, -0.05) is 78.7 Å². The molecule has 0 bridgehead atoms. The third-order valence-corrected chi connectivity index (χ3v) is 36.0. The van der Waals surface area contributed by atoms with Gasteiger partial charge in [0.05, 0.1) is 50.3 Å². The first kappa shape index (κ1) is 91.1. The average Bonchev–Trinajstić information content (AvgIpc) is 1.54. The molecule has 18 rings (SSSR count). The van der Waals surface area contributed by atoms with E-state index in [1.54, 1.807) is 0 Å². The van der Waals surface area contributed by atoms with Crippen molar-refractivity contribution in [2.75, 3.05) is 32.9 Å². The largest absolute Gasteiger partial charge is 0.394 e. The van der Waals surface area contributed by atoms with Crippen LogP contribution in [-0.2, 0) is 56.8 Å². The van der Waals surface area contributed by atoms with E-state index in [4.69, 9.17) is 56.8 Å². The van der Waals surface area contributed by atoms with Crippen molar-refractivity contribution < 1.29 is 144 Å². The molecule has 0 radical (unpaired) electrons. The molecule has 6 saturated carbocycles. The lowest BCUT2D eigenvalue weighted by molar-refractivity contribution is -0.394. The van der Waals surface area contributed by atoms with Crippen molar-refractivity contribution in [3.8, 4) is 0 Å². The molecule has 8 aliphatic carbocycles. The topological polar surface area (TPSA) is 461 Å². The number of hydrogen-bond acceptors (Lipinski definition) is 31. The van der Waals surface area contributed by atoms with Gasteiger partial charge in [0.15, 0.2) is 37.7 Å². The van der Waals surface area contributed by atoms with Gasteiger partial charge in [0.2, 0.25) is 0 Å². The summed E-state index contributed by atoms with van der Waals surface area (Å²) in [7, 11) is 0. The Balaban J connectivity index is 0.000000172. The van der Waals surface area contributed by atoms with Gasteiger partial charge in [-0.3, -0.25) is 9.80 Å². The summed E-state index contributed by atoms with van der Waals surface area (Å²) in [6, 6.07) is 2.88. The predicted molar refractivity (Wildman–Crippen MR) is 428 cm³/mol. The molecule has 31 nitrogen and oxygen atoms in total. The first-order chi connectivity index (χ1) is 57.5. The molecule has 52 atom stereocenters. The zero-order chi connectivity index (χ0) is 86.2. The summed E-state index contributed by atoms with van der Waals surface area (Å²) in [5.74, 6) is 8.41. The number of piperidine rings is 2. The fourth-order valence-electron chi connectivity index (χ4n) is 29.4. The summed E-state index contributed by atoms with van der Waals surface area (Å²) in [5.41, 5.74) is 3.52. The Hall–Kier alpha value is -1.76. The monoisotopic (exact) mass is 1720 g/mol. The summed E-state index contributed by atoms with van der Waals surface area (Å²) in [4.78, 5) is 5.89. The van der Waals surface area contributed by atoms with Gasteiger partial charge in [0, 0.05) is 37.3 Å². The van der Waals surface area contributed by atoms with E-state index in [0.29, 0.717) is 77.7 Å². The molecule has 0 unspecified atom stereocenters. The van der Waals surface area contributed by atoms with Crippen LogP contribution >= 0.6 is 0 Å². The van der Waals surface area contributed by atoms with Crippen LogP contribution in [0.2, 0.25) is 0 Å². The minimum absolute atomic E-state index is 0.00462. The van der Waals surface area contributed by atoms with Crippen LogP contribution in [0.3, 0.4) is 0 Å². The zero-order valence-electron chi connectivity index (χ0n) is 72.5. The second-order valence-corrected chi connectivity index (χ2v) is 42.5. The summed E-state index contributed by atoms with van der Waals surface area (Å²) < 4.78 is 73.5. The quantitative estimate of drug-likeness (QED) is 0.103. The lowest BCUT2D eigenvalue weighted by Gasteiger charge is -2.58. The summed E-state index contributed by atoms with van der Waals surface area (Å²) in [6.45, 7) is 25.2. The fourth-order valence-corrected chi connectivity index (χ4v) is 29.4. The maximum Gasteiger partial charge on any atom is 0.187 e. The number of aliphatic hydroxyl groups is 17. The van der Waals surface area contributed by atoms with Gasteiger partial charge in [-0.2, -0.15) is 0 Å². The first-order valence-electron chi connectivity index (χ1n) is 46.6. The molecule has 0 spiro atoms. The lowest BCUT2D eigenvalue weighted by atomic mass is 9.47. The summed E-state index contributed by atoms with van der Waals surface area (Å²) in [6.07, 6.45) is -20.3. The van der Waals surface area contributed by atoms with Crippen LogP contribution in [0.25, 0.3) is 0 Å². The maximum absolute atomic E-state index is 12.0. The lowest BCUT2D eigenvalue weighted by Crippen LogP contribution is -2.67. The van der Waals surface area contributed by atoms with Crippen molar-refractivity contribution >= 4 is 0 Å². The number of ether oxygens (including phenoxy) is 12. The Morgan fingerprint density at radius 3 is 1.13 bits per heavy atom. The molecular weight excluding hydrogens is 1570 g/mol. The van der Waals surface area contributed by atoms with Gasteiger partial charge >= 0.3 is 0 Å². The van der Waals surface area contributed by atoms with Crippen LogP contribution in [0, 0.1) is 92.7 Å². The van der Waals surface area contributed by atoms with Gasteiger partial charge in [-0.25, -0.2) is 0 Å². The second-order valence-electron chi connectivity index (χ2n) is 42.5. The van der Waals surface area contributed by atoms with Gasteiger partial charge in [0.1, 0.15) is 128 Å². The van der Waals surface area contributed by atoms with Crippen molar-refractivity contribution in [1.82, 2.24) is 9.80 Å². The molecule has 17 N–H and O–H groups in total.